The van der Waals surface area contributed by atoms with E-state index in [-0.39, 0.29) is 17.9 Å². The van der Waals surface area contributed by atoms with Crippen LogP contribution in [0.5, 0.6) is 0 Å². The molecular formula is C25H26N4O2. The quantitative estimate of drug-likeness (QED) is 0.705. The lowest BCUT2D eigenvalue weighted by Gasteiger charge is -2.52. The summed E-state index contributed by atoms with van der Waals surface area (Å²) in [5.41, 5.74) is 1.23. The number of nitrogens with zero attached hydrogens (tertiary/aromatic N) is 4. The fraction of sp³-hybridized carbons (Fsp3) is 0.360. The number of likely N-dealkylation sites (tertiary alicyclic amines) is 1. The summed E-state index contributed by atoms with van der Waals surface area (Å²) in [6.45, 7) is 0.521. The van der Waals surface area contributed by atoms with Crippen LogP contribution >= 0.6 is 0 Å². The molecule has 1 saturated carbocycles. The molecule has 0 unspecified atom stereocenters. The molecule has 3 atom stereocenters. The molecule has 1 N–H and O–H groups in total. The Morgan fingerprint density at radius 1 is 0.968 bits per heavy atom. The van der Waals surface area contributed by atoms with Crippen LogP contribution in [-0.2, 0) is 5.60 Å². The zero-order chi connectivity index (χ0) is 21.3. The number of aliphatic hydroxyl groups is 1. The molecule has 6 heteroatoms. The molecule has 1 saturated heterocycles. The van der Waals surface area contributed by atoms with Gasteiger partial charge >= 0.3 is 0 Å². The third-order valence-electron chi connectivity index (χ3n) is 6.80. The number of amides is 1. The lowest BCUT2D eigenvalue weighted by molar-refractivity contribution is -0.110. The van der Waals surface area contributed by atoms with Gasteiger partial charge < -0.3 is 10.0 Å². The van der Waals surface area contributed by atoms with Crippen LogP contribution in [0.2, 0.25) is 0 Å². The summed E-state index contributed by atoms with van der Waals surface area (Å²) < 4.78 is 0. The molecular weight excluding hydrogens is 388 g/mol. The average molecular weight is 415 g/mol. The first kappa shape index (κ1) is 19.8. The highest BCUT2D eigenvalue weighted by molar-refractivity contribution is 5.94. The van der Waals surface area contributed by atoms with Gasteiger partial charge in [0.25, 0.3) is 5.91 Å². The summed E-state index contributed by atoms with van der Waals surface area (Å²) in [4.78, 5) is 28.4. The number of aromatic nitrogens is 3. The number of benzene rings is 1. The van der Waals surface area contributed by atoms with Crippen molar-refractivity contribution >= 4 is 5.91 Å². The van der Waals surface area contributed by atoms with Crippen LogP contribution in [0.3, 0.4) is 0 Å². The van der Waals surface area contributed by atoms with Gasteiger partial charge in [0, 0.05) is 37.1 Å². The number of piperidine rings is 1. The Morgan fingerprint density at radius 2 is 1.71 bits per heavy atom. The molecule has 2 fully saturated rings. The van der Waals surface area contributed by atoms with Gasteiger partial charge in [-0.25, -0.2) is 9.97 Å². The van der Waals surface area contributed by atoms with E-state index in [1.807, 2.05) is 53.4 Å². The van der Waals surface area contributed by atoms with Crippen molar-refractivity contribution in [1.29, 1.82) is 0 Å². The number of fused-ring (bicyclic) bond motifs is 1. The second-order valence-corrected chi connectivity index (χ2v) is 8.51. The summed E-state index contributed by atoms with van der Waals surface area (Å²) >= 11 is 0. The molecule has 1 aromatic carbocycles. The van der Waals surface area contributed by atoms with Crippen molar-refractivity contribution in [2.75, 3.05) is 6.54 Å². The molecule has 31 heavy (non-hydrogen) atoms. The Kier molecular flexibility index (Phi) is 5.24. The SMILES string of the molecule is O=C(c1cnc(-c2ccccn2)nc1)N1CC[C@@](O)(c2ccccc2)[C@H]2CCCC[C@H]21. The van der Waals surface area contributed by atoms with Gasteiger partial charge in [-0.15, -0.1) is 0 Å². The molecule has 1 amide bonds. The van der Waals surface area contributed by atoms with Gasteiger partial charge in [-0.1, -0.05) is 49.2 Å². The number of hydrogen-bond acceptors (Lipinski definition) is 5. The molecule has 158 valence electrons. The summed E-state index contributed by atoms with van der Waals surface area (Å²) in [5.74, 6) is 0.486. The summed E-state index contributed by atoms with van der Waals surface area (Å²) in [6, 6.07) is 15.5. The average Bonchev–Trinajstić information content (AvgIpc) is 2.85. The van der Waals surface area contributed by atoms with E-state index in [4.69, 9.17) is 0 Å². The maximum atomic E-state index is 13.4. The topological polar surface area (TPSA) is 79.2 Å². The van der Waals surface area contributed by atoms with Crippen molar-refractivity contribution in [2.24, 2.45) is 5.92 Å². The second-order valence-electron chi connectivity index (χ2n) is 8.51. The van der Waals surface area contributed by atoms with Crippen LogP contribution in [0.4, 0.5) is 0 Å². The molecule has 6 nitrogen and oxygen atoms in total. The minimum absolute atomic E-state index is 0.0238. The molecule has 2 aliphatic rings. The molecule has 1 aliphatic heterocycles. The highest BCUT2D eigenvalue weighted by Crippen LogP contribution is 2.47. The minimum atomic E-state index is -0.886. The fourth-order valence-corrected chi connectivity index (χ4v) is 5.25. The van der Waals surface area contributed by atoms with E-state index in [1.54, 1.807) is 18.6 Å². The summed E-state index contributed by atoms with van der Waals surface area (Å²) in [6.07, 6.45) is 9.42. The number of rotatable bonds is 3. The van der Waals surface area contributed by atoms with E-state index in [9.17, 15) is 9.90 Å². The molecule has 3 heterocycles. The first-order valence-corrected chi connectivity index (χ1v) is 11.0. The van der Waals surface area contributed by atoms with E-state index >= 15 is 0 Å². The number of pyridine rings is 1. The molecule has 0 bridgehead atoms. The number of carbonyl (C=O) groups is 1. The molecule has 0 spiro atoms. The molecule has 3 aromatic rings. The maximum Gasteiger partial charge on any atom is 0.257 e. The van der Waals surface area contributed by atoms with Gasteiger partial charge in [-0.05, 0) is 37.0 Å². The van der Waals surface area contributed by atoms with Crippen molar-refractivity contribution < 1.29 is 9.90 Å². The van der Waals surface area contributed by atoms with Gasteiger partial charge in [-0.3, -0.25) is 9.78 Å². The second kappa shape index (κ2) is 8.19. The lowest BCUT2D eigenvalue weighted by atomic mass is 9.66. The van der Waals surface area contributed by atoms with E-state index in [0.29, 0.717) is 30.0 Å². The van der Waals surface area contributed by atoms with E-state index in [0.717, 1.165) is 31.2 Å². The lowest BCUT2D eigenvalue weighted by Crippen LogP contribution is -2.59. The predicted molar refractivity (Wildman–Crippen MR) is 117 cm³/mol. The van der Waals surface area contributed by atoms with Crippen LogP contribution in [0.1, 0.15) is 48.0 Å². The van der Waals surface area contributed by atoms with Crippen LogP contribution in [-0.4, -0.2) is 43.5 Å². The Labute approximate surface area is 182 Å². The molecule has 0 radical (unpaired) electrons. The summed E-state index contributed by atoms with van der Waals surface area (Å²) in [5, 5.41) is 11.7. The smallest absolute Gasteiger partial charge is 0.257 e. The Hall–Kier alpha value is -3.12. The molecule has 2 aromatic heterocycles. The largest absolute Gasteiger partial charge is 0.385 e. The van der Waals surface area contributed by atoms with Crippen LogP contribution in [0.15, 0.2) is 67.1 Å². The minimum Gasteiger partial charge on any atom is -0.385 e. The van der Waals surface area contributed by atoms with Crippen molar-refractivity contribution in [3.8, 4) is 11.5 Å². The van der Waals surface area contributed by atoms with Crippen LogP contribution < -0.4 is 0 Å². The van der Waals surface area contributed by atoms with Crippen molar-refractivity contribution in [3.63, 3.8) is 0 Å². The first-order chi connectivity index (χ1) is 15.2. The highest BCUT2D eigenvalue weighted by atomic mass is 16.3. The Morgan fingerprint density at radius 3 is 2.45 bits per heavy atom. The zero-order valence-electron chi connectivity index (χ0n) is 17.4. The van der Waals surface area contributed by atoms with Crippen LogP contribution in [0, 0.1) is 5.92 Å². The van der Waals surface area contributed by atoms with Gasteiger partial charge in [0.2, 0.25) is 0 Å². The monoisotopic (exact) mass is 414 g/mol. The third-order valence-corrected chi connectivity index (χ3v) is 6.80. The van der Waals surface area contributed by atoms with Crippen molar-refractivity contribution in [2.45, 2.75) is 43.7 Å². The van der Waals surface area contributed by atoms with Gasteiger partial charge in [0.05, 0.1) is 11.2 Å². The van der Waals surface area contributed by atoms with Crippen molar-refractivity contribution in [3.05, 3.63) is 78.2 Å². The zero-order valence-corrected chi connectivity index (χ0v) is 17.4. The fourth-order valence-electron chi connectivity index (χ4n) is 5.25. The van der Waals surface area contributed by atoms with Gasteiger partial charge in [-0.2, -0.15) is 0 Å². The number of hydrogen-bond donors (Lipinski definition) is 1. The predicted octanol–water partition coefficient (Wildman–Crippen LogP) is 3.83. The van der Waals surface area contributed by atoms with E-state index in [2.05, 4.69) is 15.0 Å². The third kappa shape index (κ3) is 3.61. The van der Waals surface area contributed by atoms with Crippen molar-refractivity contribution in [1.82, 2.24) is 19.9 Å². The molecule has 1 aliphatic carbocycles. The van der Waals surface area contributed by atoms with E-state index in [1.165, 1.54) is 0 Å². The Balaban J connectivity index is 1.40. The standard InChI is InChI=1S/C25H26N4O2/c30-24(18-16-27-23(28-17-18)21-11-6-7-14-26-21)29-15-13-25(31,19-8-2-1-3-9-19)20-10-4-5-12-22(20)29/h1-3,6-9,11,14,16-17,20,22,31H,4-5,10,12-13,15H2/t20-,22+,25+/m0/s1. The normalized spacial score (nSPS) is 25.6. The van der Waals surface area contributed by atoms with Gasteiger partial charge in [0.1, 0.15) is 5.69 Å². The summed E-state index contributed by atoms with van der Waals surface area (Å²) in [7, 11) is 0. The van der Waals surface area contributed by atoms with Gasteiger partial charge in [0.15, 0.2) is 5.82 Å². The Bertz CT molecular complexity index is 1040. The number of carbonyl (C=O) groups excluding carboxylic acids is 1. The highest BCUT2D eigenvalue weighted by Gasteiger charge is 2.50. The van der Waals surface area contributed by atoms with Crippen LogP contribution in [0.25, 0.3) is 11.5 Å². The first-order valence-electron chi connectivity index (χ1n) is 11.0. The molecule has 5 rings (SSSR count). The van der Waals surface area contributed by atoms with E-state index < -0.39 is 5.60 Å². The maximum absolute atomic E-state index is 13.4.